The van der Waals surface area contributed by atoms with Gasteiger partial charge in [0.05, 0.1) is 10.6 Å². The molecule has 21 heavy (non-hydrogen) atoms. The van der Waals surface area contributed by atoms with E-state index in [0.717, 1.165) is 23.2 Å². The molecule has 1 aromatic carbocycles. The molecule has 0 unspecified atom stereocenters. The summed E-state index contributed by atoms with van der Waals surface area (Å²) in [6.45, 7) is 4.03. The Morgan fingerprint density at radius 2 is 2.14 bits per heavy atom. The first kappa shape index (κ1) is 15.3. The highest BCUT2D eigenvalue weighted by Gasteiger charge is 2.14. The molecule has 110 valence electrons. The first-order valence-electron chi connectivity index (χ1n) is 6.80. The summed E-state index contributed by atoms with van der Waals surface area (Å²) in [6.07, 6.45) is 2.32. The molecule has 0 radical (unpaired) electrons. The van der Waals surface area contributed by atoms with Crippen molar-refractivity contribution in [2.75, 3.05) is 17.7 Å². The molecule has 0 aliphatic carbocycles. The van der Waals surface area contributed by atoms with Gasteiger partial charge in [0.1, 0.15) is 5.82 Å². The van der Waals surface area contributed by atoms with Crippen LogP contribution >= 0.6 is 11.6 Å². The molecule has 2 rings (SSSR count). The van der Waals surface area contributed by atoms with Gasteiger partial charge >= 0.3 is 0 Å². The Morgan fingerprint density at radius 1 is 1.38 bits per heavy atom. The number of benzene rings is 1. The Morgan fingerprint density at radius 3 is 2.81 bits per heavy atom. The predicted octanol–water partition coefficient (Wildman–Crippen LogP) is 3.90. The quantitative estimate of drug-likeness (QED) is 0.900. The summed E-state index contributed by atoms with van der Waals surface area (Å²) in [5.74, 6) is 0.368. The number of nitrogens with one attached hydrogen (secondary N) is 2. The van der Waals surface area contributed by atoms with E-state index < -0.39 is 0 Å². The van der Waals surface area contributed by atoms with Crippen molar-refractivity contribution in [2.45, 2.75) is 20.3 Å². The molecule has 0 fully saturated rings. The second-order valence-corrected chi connectivity index (χ2v) is 5.12. The summed E-state index contributed by atoms with van der Waals surface area (Å²) in [5.41, 5.74) is 3.38. The number of halogens is 1. The zero-order chi connectivity index (χ0) is 15.4. The lowest BCUT2D eigenvalue weighted by Gasteiger charge is -2.14. The minimum absolute atomic E-state index is 0.233. The highest BCUT2D eigenvalue weighted by atomic mass is 35.5. The monoisotopic (exact) mass is 303 g/mol. The normalized spacial score (nSPS) is 10.3. The van der Waals surface area contributed by atoms with Crippen LogP contribution in [0.3, 0.4) is 0 Å². The zero-order valence-corrected chi connectivity index (χ0v) is 13.1. The lowest BCUT2D eigenvalue weighted by Crippen LogP contribution is -2.15. The number of aromatic nitrogens is 1. The van der Waals surface area contributed by atoms with Gasteiger partial charge in [-0.05, 0) is 30.5 Å². The molecule has 1 amide bonds. The fourth-order valence-electron chi connectivity index (χ4n) is 2.13. The SMILES string of the molecule is CCc1cccc(C)c1NC(=O)c1cc(NC)ncc1Cl. The molecule has 4 nitrogen and oxygen atoms in total. The maximum Gasteiger partial charge on any atom is 0.257 e. The Hall–Kier alpha value is -2.07. The molecule has 0 bridgehead atoms. The van der Waals surface area contributed by atoms with Gasteiger partial charge in [0, 0.05) is 18.9 Å². The van der Waals surface area contributed by atoms with Crippen LogP contribution in [0.1, 0.15) is 28.4 Å². The number of hydrogen-bond donors (Lipinski definition) is 2. The van der Waals surface area contributed by atoms with E-state index in [1.165, 1.54) is 6.20 Å². The predicted molar refractivity (Wildman–Crippen MR) is 87.3 cm³/mol. The van der Waals surface area contributed by atoms with Gasteiger partial charge in [-0.25, -0.2) is 4.98 Å². The highest BCUT2D eigenvalue weighted by Crippen LogP contribution is 2.24. The molecule has 1 heterocycles. The standard InChI is InChI=1S/C16H18ClN3O/c1-4-11-7-5-6-10(2)15(11)20-16(21)12-8-14(18-3)19-9-13(12)17/h5-9H,4H2,1-3H3,(H,18,19)(H,20,21). The third-order valence-electron chi connectivity index (χ3n) is 3.33. The number of pyridine rings is 1. The third kappa shape index (κ3) is 3.34. The van der Waals surface area contributed by atoms with Gasteiger partial charge in [0.15, 0.2) is 0 Å². The summed E-state index contributed by atoms with van der Waals surface area (Å²) in [7, 11) is 1.74. The minimum Gasteiger partial charge on any atom is -0.373 e. The van der Waals surface area contributed by atoms with Gasteiger partial charge in [-0.2, -0.15) is 0 Å². The molecule has 0 atom stereocenters. The van der Waals surface area contributed by atoms with Crippen LogP contribution in [0.5, 0.6) is 0 Å². The number of hydrogen-bond acceptors (Lipinski definition) is 3. The molecular formula is C16H18ClN3O. The summed E-state index contributed by atoms with van der Waals surface area (Å²) >= 11 is 6.08. The molecule has 2 N–H and O–H groups in total. The number of para-hydroxylation sites is 1. The molecule has 0 saturated carbocycles. The van der Waals surface area contributed by atoms with Gasteiger partial charge < -0.3 is 10.6 Å². The Kier molecular flexibility index (Phi) is 4.81. The fraction of sp³-hybridized carbons (Fsp3) is 0.250. The fourth-order valence-corrected chi connectivity index (χ4v) is 2.32. The van der Waals surface area contributed by atoms with Gasteiger partial charge in [0.25, 0.3) is 5.91 Å². The Bertz CT molecular complexity index is 671. The first-order chi connectivity index (χ1) is 10.1. The lowest BCUT2D eigenvalue weighted by atomic mass is 10.1. The molecule has 2 aromatic rings. The van der Waals surface area contributed by atoms with Crippen molar-refractivity contribution in [3.63, 3.8) is 0 Å². The van der Waals surface area contributed by atoms with Crippen molar-refractivity contribution in [1.29, 1.82) is 0 Å². The Balaban J connectivity index is 2.35. The van der Waals surface area contributed by atoms with Crippen LogP contribution in [0.25, 0.3) is 0 Å². The summed E-state index contributed by atoms with van der Waals surface area (Å²) in [5, 5.41) is 6.19. The van der Waals surface area contributed by atoms with E-state index in [2.05, 4.69) is 22.5 Å². The summed E-state index contributed by atoms with van der Waals surface area (Å²) < 4.78 is 0. The molecule has 1 aromatic heterocycles. The van der Waals surface area contributed by atoms with Crippen LogP contribution in [0.15, 0.2) is 30.5 Å². The number of nitrogens with zero attached hydrogens (tertiary/aromatic N) is 1. The lowest BCUT2D eigenvalue weighted by molar-refractivity contribution is 0.102. The zero-order valence-electron chi connectivity index (χ0n) is 12.3. The van der Waals surface area contributed by atoms with Gasteiger partial charge in [-0.1, -0.05) is 36.7 Å². The van der Waals surface area contributed by atoms with Gasteiger partial charge in [0.2, 0.25) is 0 Å². The molecule has 0 aliphatic heterocycles. The first-order valence-corrected chi connectivity index (χ1v) is 7.17. The van der Waals surface area contributed by atoms with Crippen molar-refractivity contribution in [2.24, 2.45) is 0 Å². The Labute approximate surface area is 129 Å². The van der Waals surface area contributed by atoms with Crippen LogP contribution in [0.2, 0.25) is 5.02 Å². The maximum absolute atomic E-state index is 12.5. The maximum atomic E-state index is 12.5. The number of rotatable bonds is 4. The molecule has 0 aliphatic rings. The van der Waals surface area contributed by atoms with Crippen molar-refractivity contribution in [3.05, 3.63) is 52.2 Å². The minimum atomic E-state index is -0.233. The van der Waals surface area contributed by atoms with E-state index in [1.54, 1.807) is 13.1 Å². The van der Waals surface area contributed by atoms with Crippen LogP contribution in [0.4, 0.5) is 11.5 Å². The molecular weight excluding hydrogens is 286 g/mol. The molecule has 0 saturated heterocycles. The van der Waals surface area contributed by atoms with E-state index in [4.69, 9.17) is 11.6 Å². The summed E-state index contributed by atoms with van der Waals surface area (Å²) in [6, 6.07) is 7.61. The van der Waals surface area contributed by atoms with E-state index in [1.807, 2.05) is 25.1 Å². The van der Waals surface area contributed by atoms with E-state index >= 15 is 0 Å². The number of anilines is 2. The van der Waals surface area contributed by atoms with Crippen LogP contribution in [-0.4, -0.2) is 17.9 Å². The van der Waals surface area contributed by atoms with Crippen LogP contribution in [0, 0.1) is 6.92 Å². The topological polar surface area (TPSA) is 54.0 Å². The van der Waals surface area contributed by atoms with Gasteiger partial charge in [-0.3, -0.25) is 4.79 Å². The van der Waals surface area contributed by atoms with Gasteiger partial charge in [-0.15, -0.1) is 0 Å². The number of carbonyl (C=O) groups excluding carboxylic acids is 1. The smallest absolute Gasteiger partial charge is 0.257 e. The van der Waals surface area contributed by atoms with E-state index in [-0.39, 0.29) is 5.91 Å². The van der Waals surface area contributed by atoms with Crippen LogP contribution in [-0.2, 0) is 6.42 Å². The second-order valence-electron chi connectivity index (χ2n) is 4.72. The van der Waals surface area contributed by atoms with E-state index in [9.17, 15) is 4.79 Å². The van der Waals surface area contributed by atoms with E-state index in [0.29, 0.717) is 16.4 Å². The highest BCUT2D eigenvalue weighted by molar-refractivity contribution is 6.34. The average molecular weight is 304 g/mol. The van der Waals surface area contributed by atoms with Crippen molar-refractivity contribution in [3.8, 4) is 0 Å². The van der Waals surface area contributed by atoms with Crippen LogP contribution < -0.4 is 10.6 Å². The number of amides is 1. The summed E-state index contributed by atoms with van der Waals surface area (Å²) in [4.78, 5) is 16.5. The molecule has 0 spiro atoms. The average Bonchev–Trinajstić information content (AvgIpc) is 2.49. The second kappa shape index (κ2) is 6.59. The third-order valence-corrected chi connectivity index (χ3v) is 3.64. The number of carbonyl (C=O) groups is 1. The van der Waals surface area contributed by atoms with Crippen molar-refractivity contribution < 1.29 is 4.79 Å². The van der Waals surface area contributed by atoms with Crippen molar-refractivity contribution >= 4 is 29.0 Å². The van der Waals surface area contributed by atoms with Crippen molar-refractivity contribution in [1.82, 2.24) is 4.98 Å². The number of aryl methyl sites for hydroxylation is 2. The molecule has 5 heteroatoms. The largest absolute Gasteiger partial charge is 0.373 e.